The topological polar surface area (TPSA) is 82.6 Å². The van der Waals surface area contributed by atoms with Crippen LogP contribution in [0.3, 0.4) is 0 Å². The van der Waals surface area contributed by atoms with E-state index in [0.717, 1.165) is 39.8 Å². The molecule has 1 N–H and O–H groups in total. The maximum Gasteiger partial charge on any atom is 0.242 e. The molecule has 9 heteroatoms. The van der Waals surface area contributed by atoms with Gasteiger partial charge < -0.3 is 10.2 Å². The van der Waals surface area contributed by atoms with Crippen molar-refractivity contribution in [2.75, 3.05) is 38.4 Å². The normalized spacial score (nSPS) is 11.8. The second kappa shape index (κ2) is 9.76. The number of unbranched alkanes of at least 4 members (excludes halogenated alkanes) is 1. The summed E-state index contributed by atoms with van der Waals surface area (Å²) in [5.74, 6) is -0.133. The third-order valence-corrected chi connectivity index (χ3v) is 7.79. The van der Waals surface area contributed by atoms with Crippen LogP contribution in [0, 0.1) is 0 Å². The van der Waals surface area contributed by atoms with Crippen LogP contribution in [0.25, 0.3) is 10.2 Å². The SMILES string of the molecule is CN(C)c1ccc(S(=O)(=O)N(C)C)cc1NC(=O)CCCCc1nc2ccccc2s1. The zero-order valence-corrected chi connectivity index (χ0v) is 19.9. The second-order valence-corrected chi connectivity index (χ2v) is 11.0. The summed E-state index contributed by atoms with van der Waals surface area (Å²) in [6.45, 7) is 0. The molecule has 31 heavy (non-hydrogen) atoms. The number of aryl methyl sites for hydroxylation is 1. The van der Waals surface area contributed by atoms with Crippen LogP contribution in [0.5, 0.6) is 0 Å². The molecule has 1 aromatic heterocycles. The van der Waals surface area contributed by atoms with Gasteiger partial charge >= 0.3 is 0 Å². The van der Waals surface area contributed by atoms with Crippen molar-refractivity contribution in [2.24, 2.45) is 0 Å². The van der Waals surface area contributed by atoms with E-state index in [4.69, 9.17) is 0 Å². The van der Waals surface area contributed by atoms with Crippen LogP contribution in [0.1, 0.15) is 24.3 Å². The minimum absolute atomic E-state index is 0.133. The molecule has 0 unspecified atom stereocenters. The van der Waals surface area contributed by atoms with E-state index >= 15 is 0 Å². The van der Waals surface area contributed by atoms with Gasteiger partial charge in [0.05, 0.1) is 31.5 Å². The lowest BCUT2D eigenvalue weighted by Gasteiger charge is -2.20. The highest BCUT2D eigenvalue weighted by Crippen LogP contribution is 2.29. The molecular weight excluding hydrogens is 432 g/mol. The van der Waals surface area contributed by atoms with E-state index in [9.17, 15) is 13.2 Å². The monoisotopic (exact) mass is 460 g/mol. The Kier molecular flexibility index (Phi) is 7.30. The average Bonchev–Trinajstić information content (AvgIpc) is 3.13. The molecular formula is C22H28N4O3S2. The third-order valence-electron chi connectivity index (χ3n) is 4.89. The van der Waals surface area contributed by atoms with Crippen LogP contribution >= 0.6 is 11.3 Å². The molecule has 0 aliphatic carbocycles. The minimum Gasteiger partial charge on any atom is -0.376 e. The number of amides is 1. The zero-order valence-electron chi connectivity index (χ0n) is 18.3. The van der Waals surface area contributed by atoms with E-state index in [1.807, 2.05) is 37.2 Å². The summed E-state index contributed by atoms with van der Waals surface area (Å²) in [5.41, 5.74) is 2.26. The first-order chi connectivity index (χ1) is 14.7. The Hall–Kier alpha value is -2.49. The Labute approximate surface area is 187 Å². The molecule has 0 bridgehead atoms. The van der Waals surface area contributed by atoms with Crippen LogP contribution in [0.2, 0.25) is 0 Å². The number of aromatic nitrogens is 1. The first-order valence-electron chi connectivity index (χ1n) is 10.1. The molecule has 0 saturated heterocycles. The van der Waals surface area contributed by atoms with Crippen molar-refractivity contribution < 1.29 is 13.2 Å². The summed E-state index contributed by atoms with van der Waals surface area (Å²) in [6.07, 6.45) is 2.80. The van der Waals surface area contributed by atoms with Crippen LogP contribution in [0.4, 0.5) is 11.4 Å². The lowest BCUT2D eigenvalue weighted by molar-refractivity contribution is -0.116. The molecule has 0 saturated carbocycles. The fourth-order valence-corrected chi connectivity index (χ4v) is 5.12. The van der Waals surface area contributed by atoms with Gasteiger partial charge in [0.1, 0.15) is 0 Å². The molecule has 0 aliphatic heterocycles. The van der Waals surface area contributed by atoms with Gasteiger partial charge in [0.2, 0.25) is 15.9 Å². The molecule has 0 radical (unpaired) electrons. The molecule has 0 spiro atoms. The number of fused-ring (bicyclic) bond motifs is 1. The van der Waals surface area contributed by atoms with E-state index in [-0.39, 0.29) is 10.8 Å². The zero-order chi connectivity index (χ0) is 22.6. The van der Waals surface area contributed by atoms with E-state index in [2.05, 4.69) is 16.4 Å². The van der Waals surface area contributed by atoms with E-state index in [1.54, 1.807) is 23.5 Å². The summed E-state index contributed by atoms with van der Waals surface area (Å²) < 4.78 is 27.2. The second-order valence-electron chi connectivity index (χ2n) is 7.69. The Morgan fingerprint density at radius 3 is 2.48 bits per heavy atom. The van der Waals surface area contributed by atoms with Gasteiger partial charge in [-0.05, 0) is 49.6 Å². The van der Waals surface area contributed by atoms with Gasteiger partial charge in [-0.25, -0.2) is 17.7 Å². The summed E-state index contributed by atoms with van der Waals surface area (Å²) >= 11 is 1.69. The van der Waals surface area contributed by atoms with Gasteiger partial charge in [0.25, 0.3) is 0 Å². The number of sulfonamides is 1. The number of benzene rings is 2. The largest absolute Gasteiger partial charge is 0.376 e. The first-order valence-corrected chi connectivity index (χ1v) is 12.3. The molecule has 0 atom stereocenters. The van der Waals surface area contributed by atoms with Crippen molar-refractivity contribution >= 4 is 48.9 Å². The highest BCUT2D eigenvalue weighted by molar-refractivity contribution is 7.89. The number of hydrogen-bond acceptors (Lipinski definition) is 6. The third kappa shape index (κ3) is 5.61. The molecule has 2 aromatic carbocycles. The number of carbonyl (C=O) groups is 1. The molecule has 0 fully saturated rings. The van der Waals surface area contributed by atoms with Crippen LogP contribution < -0.4 is 10.2 Å². The minimum atomic E-state index is -3.58. The van der Waals surface area contributed by atoms with Gasteiger partial charge in [-0.3, -0.25) is 4.79 Å². The maximum absolute atomic E-state index is 12.5. The van der Waals surface area contributed by atoms with E-state index in [0.29, 0.717) is 12.1 Å². The molecule has 0 aliphatic rings. The van der Waals surface area contributed by atoms with Crippen molar-refractivity contribution in [3.05, 3.63) is 47.5 Å². The van der Waals surface area contributed by atoms with Crippen LogP contribution in [0.15, 0.2) is 47.4 Å². The van der Waals surface area contributed by atoms with Crippen molar-refractivity contribution in [1.82, 2.24) is 9.29 Å². The molecule has 7 nitrogen and oxygen atoms in total. The fourth-order valence-electron chi connectivity index (χ4n) is 3.18. The number of thiazole rings is 1. The molecule has 3 rings (SSSR count). The summed E-state index contributed by atoms with van der Waals surface area (Å²) in [6, 6.07) is 12.8. The van der Waals surface area contributed by atoms with Gasteiger partial charge in [0, 0.05) is 34.6 Å². The highest BCUT2D eigenvalue weighted by Gasteiger charge is 2.20. The number of nitrogens with zero attached hydrogens (tertiary/aromatic N) is 3. The standard InChI is InChI=1S/C22H28N4O3S2/c1-25(2)19-14-13-16(31(28,29)26(3)4)15-18(19)23-21(27)11-7-8-12-22-24-17-9-5-6-10-20(17)30-22/h5-6,9-10,13-15H,7-8,11-12H2,1-4H3,(H,23,27). The highest BCUT2D eigenvalue weighted by atomic mass is 32.2. The van der Waals surface area contributed by atoms with Crippen molar-refractivity contribution in [2.45, 2.75) is 30.6 Å². The number of rotatable bonds is 9. The summed E-state index contributed by atoms with van der Waals surface area (Å²) in [4.78, 5) is 19.1. The Morgan fingerprint density at radius 2 is 1.81 bits per heavy atom. The Balaban J connectivity index is 1.61. The predicted octanol–water partition coefficient (Wildman–Crippen LogP) is 3.96. The molecule has 1 amide bonds. The van der Waals surface area contributed by atoms with Gasteiger partial charge in [-0.1, -0.05) is 12.1 Å². The predicted molar refractivity (Wildman–Crippen MR) is 127 cm³/mol. The number of nitrogens with one attached hydrogen (secondary N) is 1. The van der Waals surface area contributed by atoms with Crippen molar-refractivity contribution in [1.29, 1.82) is 0 Å². The molecule has 166 valence electrons. The number of para-hydroxylation sites is 1. The van der Waals surface area contributed by atoms with Gasteiger partial charge in [0.15, 0.2) is 0 Å². The van der Waals surface area contributed by atoms with Gasteiger partial charge in [-0.2, -0.15) is 0 Å². The van der Waals surface area contributed by atoms with E-state index in [1.165, 1.54) is 24.9 Å². The van der Waals surface area contributed by atoms with E-state index < -0.39 is 10.0 Å². The fraction of sp³-hybridized carbons (Fsp3) is 0.364. The lowest BCUT2D eigenvalue weighted by Crippen LogP contribution is -2.23. The summed E-state index contributed by atoms with van der Waals surface area (Å²) in [7, 11) is 3.09. The lowest BCUT2D eigenvalue weighted by atomic mass is 10.2. The Bertz CT molecular complexity index is 1140. The average molecular weight is 461 g/mol. The number of hydrogen-bond donors (Lipinski definition) is 1. The molecule has 1 heterocycles. The number of carbonyl (C=O) groups excluding carboxylic acids is 1. The first kappa shape index (κ1) is 23.2. The quantitative estimate of drug-likeness (QED) is 0.489. The van der Waals surface area contributed by atoms with Crippen LogP contribution in [-0.2, 0) is 21.2 Å². The van der Waals surface area contributed by atoms with Crippen LogP contribution in [-0.4, -0.2) is 51.8 Å². The molecule has 3 aromatic rings. The van der Waals surface area contributed by atoms with Gasteiger partial charge in [-0.15, -0.1) is 11.3 Å². The van der Waals surface area contributed by atoms with Crippen molar-refractivity contribution in [3.8, 4) is 0 Å². The Morgan fingerprint density at radius 1 is 1.06 bits per heavy atom. The smallest absolute Gasteiger partial charge is 0.242 e. The maximum atomic E-state index is 12.5. The van der Waals surface area contributed by atoms with Crippen molar-refractivity contribution in [3.63, 3.8) is 0 Å². The number of anilines is 2. The summed E-state index contributed by atoms with van der Waals surface area (Å²) in [5, 5.41) is 3.97.